The number of carbonyl (C=O) groups is 1. The molecule has 1 amide bonds. The number of piperidine rings is 1. The van der Waals surface area contributed by atoms with Gasteiger partial charge in [0.15, 0.2) is 0 Å². The van der Waals surface area contributed by atoms with Crippen molar-refractivity contribution in [3.05, 3.63) is 0 Å². The van der Waals surface area contributed by atoms with E-state index >= 15 is 0 Å². The van der Waals surface area contributed by atoms with Gasteiger partial charge in [-0.15, -0.1) is 0 Å². The molecule has 1 atom stereocenters. The molecule has 0 saturated carbocycles. The van der Waals surface area contributed by atoms with Crippen LogP contribution in [0.1, 0.15) is 19.8 Å². The van der Waals surface area contributed by atoms with E-state index in [-0.39, 0.29) is 24.5 Å². The fourth-order valence-corrected chi connectivity index (χ4v) is 1.48. The molecule has 1 heterocycles. The van der Waals surface area contributed by atoms with Crippen LogP contribution in [0.2, 0.25) is 0 Å². The fraction of sp³-hybridized carbons (Fsp3) is 0.889. The lowest BCUT2D eigenvalue weighted by molar-refractivity contribution is -0.138. The van der Waals surface area contributed by atoms with Gasteiger partial charge in [-0.3, -0.25) is 4.79 Å². The number of amides is 1. The summed E-state index contributed by atoms with van der Waals surface area (Å²) < 4.78 is 0. The molecule has 0 radical (unpaired) electrons. The average molecular weight is 187 g/mol. The zero-order chi connectivity index (χ0) is 9.84. The summed E-state index contributed by atoms with van der Waals surface area (Å²) in [7, 11) is 0. The molecule has 0 aromatic rings. The largest absolute Gasteiger partial charge is 0.396 e. The van der Waals surface area contributed by atoms with E-state index in [0.717, 1.165) is 0 Å². The topological polar surface area (TPSA) is 60.8 Å². The molecule has 0 aliphatic carbocycles. The third-order valence-electron chi connectivity index (χ3n) is 2.47. The maximum absolute atomic E-state index is 11.5. The van der Waals surface area contributed by atoms with Crippen molar-refractivity contribution in [2.24, 2.45) is 5.92 Å². The average Bonchev–Trinajstić information content (AvgIpc) is 2.17. The maximum Gasteiger partial charge on any atom is 0.227 e. The molecule has 1 rings (SSSR count). The number of carbonyl (C=O) groups excluding carboxylic acids is 1. The smallest absolute Gasteiger partial charge is 0.227 e. The summed E-state index contributed by atoms with van der Waals surface area (Å²) in [6, 6.07) is 0. The molecular weight excluding hydrogens is 170 g/mol. The molecule has 1 aliphatic rings. The first-order valence-electron chi connectivity index (χ1n) is 4.73. The van der Waals surface area contributed by atoms with Crippen LogP contribution in [-0.4, -0.2) is 46.8 Å². The number of aliphatic hydroxyl groups excluding tert-OH is 2. The highest BCUT2D eigenvalue weighted by molar-refractivity contribution is 5.78. The van der Waals surface area contributed by atoms with Crippen LogP contribution in [0, 0.1) is 5.92 Å². The van der Waals surface area contributed by atoms with Gasteiger partial charge in [-0.05, 0) is 12.8 Å². The molecule has 0 bridgehead atoms. The fourth-order valence-electron chi connectivity index (χ4n) is 1.48. The third-order valence-corrected chi connectivity index (χ3v) is 2.47. The monoisotopic (exact) mass is 187 g/mol. The first kappa shape index (κ1) is 10.5. The molecule has 1 unspecified atom stereocenters. The highest BCUT2D eigenvalue weighted by Gasteiger charge is 2.24. The second-order valence-corrected chi connectivity index (χ2v) is 3.64. The van der Waals surface area contributed by atoms with Crippen molar-refractivity contribution < 1.29 is 15.0 Å². The minimum Gasteiger partial charge on any atom is -0.396 e. The molecular formula is C9H17NO3. The van der Waals surface area contributed by atoms with E-state index in [9.17, 15) is 9.90 Å². The number of hydrogen-bond acceptors (Lipinski definition) is 3. The molecule has 0 aromatic heterocycles. The standard InChI is InChI=1S/C9H17NO3/c1-7(6-11)9(13)10-4-2-8(12)3-5-10/h7-8,11-12H,2-6H2,1H3. The van der Waals surface area contributed by atoms with Crippen molar-refractivity contribution in [1.82, 2.24) is 4.90 Å². The van der Waals surface area contributed by atoms with Gasteiger partial charge in [-0.25, -0.2) is 0 Å². The number of rotatable bonds is 2. The van der Waals surface area contributed by atoms with Crippen LogP contribution in [0.5, 0.6) is 0 Å². The Labute approximate surface area is 78.2 Å². The second-order valence-electron chi connectivity index (χ2n) is 3.64. The summed E-state index contributed by atoms with van der Waals surface area (Å²) >= 11 is 0. The first-order chi connectivity index (χ1) is 6.15. The van der Waals surface area contributed by atoms with Crippen LogP contribution in [0.25, 0.3) is 0 Å². The number of nitrogens with zero attached hydrogens (tertiary/aromatic N) is 1. The van der Waals surface area contributed by atoms with Gasteiger partial charge in [0.05, 0.1) is 18.6 Å². The molecule has 76 valence electrons. The highest BCUT2D eigenvalue weighted by Crippen LogP contribution is 2.12. The van der Waals surface area contributed by atoms with E-state index in [1.54, 1.807) is 11.8 Å². The first-order valence-corrected chi connectivity index (χ1v) is 4.73. The quantitative estimate of drug-likeness (QED) is 0.618. The summed E-state index contributed by atoms with van der Waals surface area (Å²) in [5.74, 6) is -0.315. The van der Waals surface area contributed by atoms with E-state index in [4.69, 9.17) is 5.11 Å². The van der Waals surface area contributed by atoms with Crippen LogP contribution in [0.3, 0.4) is 0 Å². The van der Waals surface area contributed by atoms with Gasteiger partial charge in [0, 0.05) is 13.1 Å². The molecule has 1 aliphatic heterocycles. The van der Waals surface area contributed by atoms with Crippen molar-refractivity contribution in [3.8, 4) is 0 Å². The van der Waals surface area contributed by atoms with Gasteiger partial charge in [-0.2, -0.15) is 0 Å². The third kappa shape index (κ3) is 2.67. The Morgan fingerprint density at radius 2 is 2.08 bits per heavy atom. The molecule has 1 fully saturated rings. The predicted molar refractivity (Wildman–Crippen MR) is 48.1 cm³/mol. The zero-order valence-electron chi connectivity index (χ0n) is 7.94. The second kappa shape index (κ2) is 4.58. The minimum atomic E-state index is -0.310. The van der Waals surface area contributed by atoms with Gasteiger partial charge in [0.2, 0.25) is 5.91 Å². The lowest BCUT2D eigenvalue weighted by atomic mass is 10.1. The number of aliphatic hydroxyl groups is 2. The maximum atomic E-state index is 11.5. The van der Waals surface area contributed by atoms with Crippen molar-refractivity contribution in [2.45, 2.75) is 25.9 Å². The summed E-state index contributed by atoms with van der Waals surface area (Å²) in [5.41, 5.74) is 0. The van der Waals surface area contributed by atoms with Crippen LogP contribution < -0.4 is 0 Å². The Balaban J connectivity index is 2.40. The molecule has 4 heteroatoms. The predicted octanol–water partition coefficient (Wildman–Crippen LogP) is -0.402. The lowest BCUT2D eigenvalue weighted by Gasteiger charge is -2.31. The molecule has 13 heavy (non-hydrogen) atoms. The van der Waals surface area contributed by atoms with Crippen molar-refractivity contribution in [2.75, 3.05) is 19.7 Å². The van der Waals surface area contributed by atoms with Crippen LogP contribution in [0.15, 0.2) is 0 Å². The summed E-state index contributed by atoms with van der Waals surface area (Å²) in [6.07, 6.45) is 1.06. The van der Waals surface area contributed by atoms with Crippen LogP contribution in [-0.2, 0) is 4.79 Å². The summed E-state index contributed by atoms with van der Waals surface area (Å²) in [4.78, 5) is 13.2. The zero-order valence-corrected chi connectivity index (χ0v) is 7.94. The number of likely N-dealkylation sites (tertiary alicyclic amines) is 1. The Bertz CT molecular complexity index is 176. The van der Waals surface area contributed by atoms with Crippen molar-refractivity contribution in [1.29, 1.82) is 0 Å². The van der Waals surface area contributed by atoms with E-state index in [2.05, 4.69) is 0 Å². The Kier molecular flexibility index (Phi) is 3.69. The highest BCUT2D eigenvalue weighted by atomic mass is 16.3. The summed E-state index contributed by atoms with van der Waals surface area (Å²) in [5, 5.41) is 18.0. The normalized spacial score (nSPS) is 21.6. The van der Waals surface area contributed by atoms with E-state index in [1.807, 2.05) is 0 Å². The molecule has 1 saturated heterocycles. The Hall–Kier alpha value is -0.610. The molecule has 4 nitrogen and oxygen atoms in total. The van der Waals surface area contributed by atoms with E-state index in [1.165, 1.54) is 0 Å². The van der Waals surface area contributed by atoms with Crippen molar-refractivity contribution in [3.63, 3.8) is 0 Å². The lowest BCUT2D eigenvalue weighted by Crippen LogP contribution is -2.43. The van der Waals surface area contributed by atoms with E-state index < -0.39 is 0 Å². The Morgan fingerprint density at radius 3 is 2.54 bits per heavy atom. The molecule has 2 N–H and O–H groups in total. The van der Waals surface area contributed by atoms with E-state index in [0.29, 0.717) is 25.9 Å². The Morgan fingerprint density at radius 1 is 1.54 bits per heavy atom. The van der Waals surface area contributed by atoms with Gasteiger partial charge < -0.3 is 15.1 Å². The number of hydrogen-bond donors (Lipinski definition) is 2. The van der Waals surface area contributed by atoms with Crippen LogP contribution in [0.4, 0.5) is 0 Å². The van der Waals surface area contributed by atoms with Crippen LogP contribution >= 0.6 is 0 Å². The van der Waals surface area contributed by atoms with Gasteiger partial charge in [0.25, 0.3) is 0 Å². The van der Waals surface area contributed by atoms with Gasteiger partial charge in [0.1, 0.15) is 0 Å². The SMILES string of the molecule is CC(CO)C(=O)N1CCC(O)CC1. The molecule has 0 aromatic carbocycles. The summed E-state index contributed by atoms with van der Waals surface area (Å²) in [6.45, 7) is 2.85. The molecule has 0 spiro atoms. The van der Waals surface area contributed by atoms with Gasteiger partial charge in [-0.1, -0.05) is 6.92 Å². The van der Waals surface area contributed by atoms with Gasteiger partial charge >= 0.3 is 0 Å². The minimum absolute atomic E-state index is 0.00519. The van der Waals surface area contributed by atoms with Crippen molar-refractivity contribution >= 4 is 5.91 Å².